The fourth-order valence-electron chi connectivity index (χ4n) is 1.55. The van der Waals surface area contributed by atoms with Crippen molar-refractivity contribution in [3.8, 4) is 0 Å². The van der Waals surface area contributed by atoms with E-state index in [1.807, 2.05) is 0 Å². The van der Waals surface area contributed by atoms with E-state index in [2.05, 4.69) is 10.2 Å². The van der Waals surface area contributed by atoms with Crippen molar-refractivity contribution in [1.29, 1.82) is 0 Å². The van der Waals surface area contributed by atoms with E-state index in [-0.39, 0.29) is 11.8 Å². The van der Waals surface area contributed by atoms with Crippen LogP contribution >= 0.6 is 0 Å². The molecule has 12 heavy (non-hydrogen) atoms. The van der Waals surface area contributed by atoms with Crippen LogP contribution in [0.25, 0.3) is 0 Å². The van der Waals surface area contributed by atoms with Gasteiger partial charge in [0, 0.05) is 11.6 Å². The molecule has 0 saturated heterocycles. The predicted molar refractivity (Wildman–Crippen MR) is 41.8 cm³/mol. The van der Waals surface area contributed by atoms with Gasteiger partial charge in [0.05, 0.1) is 12.6 Å². The maximum atomic E-state index is 10.5. The Morgan fingerprint density at radius 1 is 1.75 bits per heavy atom. The lowest BCUT2D eigenvalue weighted by Crippen LogP contribution is -2.11. The van der Waals surface area contributed by atoms with Crippen LogP contribution in [0.1, 0.15) is 24.8 Å². The number of carbonyl (C=O) groups is 1. The number of H-pyrrole nitrogens is 1. The highest BCUT2D eigenvalue weighted by atomic mass is 16.4. The van der Waals surface area contributed by atoms with E-state index in [1.54, 1.807) is 12.4 Å². The summed E-state index contributed by atoms with van der Waals surface area (Å²) < 4.78 is 0. The Hall–Kier alpha value is -1.32. The number of carboxylic acid groups (broad SMARTS) is 1. The van der Waals surface area contributed by atoms with Gasteiger partial charge >= 0.3 is 5.97 Å². The van der Waals surface area contributed by atoms with E-state index in [0.717, 1.165) is 18.4 Å². The molecule has 0 bridgehead atoms. The molecule has 1 fully saturated rings. The molecule has 0 spiro atoms. The molecular weight excluding hydrogens is 156 g/mol. The van der Waals surface area contributed by atoms with Crippen molar-refractivity contribution in [2.24, 2.45) is 0 Å². The molecule has 0 amide bonds. The van der Waals surface area contributed by atoms with Crippen LogP contribution in [0.15, 0.2) is 12.4 Å². The molecular formula is C8H10N2O2. The number of nitrogens with zero attached hydrogens (tertiary/aromatic N) is 1. The molecule has 64 valence electrons. The first-order chi connectivity index (χ1) is 5.73. The lowest BCUT2D eigenvalue weighted by molar-refractivity contribution is -0.137. The molecule has 4 nitrogen and oxygen atoms in total. The van der Waals surface area contributed by atoms with E-state index in [0.29, 0.717) is 0 Å². The van der Waals surface area contributed by atoms with Gasteiger partial charge in [-0.1, -0.05) is 0 Å². The summed E-state index contributed by atoms with van der Waals surface area (Å²) >= 11 is 0. The first kappa shape index (κ1) is 7.34. The van der Waals surface area contributed by atoms with Gasteiger partial charge in [-0.3, -0.25) is 9.89 Å². The first-order valence-corrected chi connectivity index (χ1v) is 3.94. The van der Waals surface area contributed by atoms with Crippen molar-refractivity contribution in [3.63, 3.8) is 0 Å². The zero-order valence-electron chi connectivity index (χ0n) is 6.58. The minimum Gasteiger partial charge on any atom is -0.481 e. The summed E-state index contributed by atoms with van der Waals surface area (Å²) in [6, 6.07) is 0. The average molecular weight is 166 g/mol. The molecule has 1 aromatic heterocycles. The second kappa shape index (κ2) is 2.33. The Bertz CT molecular complexity index is 288. The first-order valence-electron chi connectivity index (χ1n) is 3.94. The van der Waals surface area contributed by atoms with Crippen molar-refractivity contribution in [3.05, 3.63) is 18.0 Å². The van der Waals surface area contributed by atoms with E-state index in [4.69, 9.17) is 5.11 Å². The lowest BCUT2D eigenvalue weighted by Gasteiger charge is -2.07. The summed E-state index contributed by atoms with van der Waals surface area (Å²) in [7, 11) is 0. The fourth-order valence-corrected chi connectivity index (χ4v) is 1.55. The van der Waals surface area contributed by atoms with E-state index >= 15 is 0 Å². The van der Waals surface area contributed by atoms with Crippen molar-refractivity contribution in [2.45, 2.75) is 24.7 Å². The molecule has 0 radical (unpaired) electrons. The summed E-state index contributed by atoms with van der Waals surface area (Å²) in [6.07, 6.45) is 5.68. The monoisotopic (exact) mass is 166 g/mol. The summed E-state index contributed by atoms with van der Waals surface area (Å²) in [5.41, 5.74) is 0.934. The summed E-state index contributed by atoms with van der Waals surface area (Å²) in [4.78, 5) is 10.5. The molecule has 1 aromatic rings. The van der Waals surface area contributed by atoms with Crippen LogP contribution in [0.4, 0.5) is 0 Å². The minimum absolute atomic E-state index is 0.0984. The predicted octanol–water partition coefficient (Wildman–Crippen LogP) is 0.916. The van der Waals surface area contributed by atoms with Gasteiger partial charge in [0.2, 0.25) is 0 Å². The van der Waals surface area contributed by atoms with Crippen LogP contribution in [0.2, 0.25) is 0 Å². The Morgan fingerprint density at radius 3 is 2.92 bits per heavy atom. The molecule has 1 aliphatic carbocycles. The zero-order valence-corrected chi connectivity index (χ0v) is 6.58. The van der Waals surface area contributed by atoms with Gasteiger partial charge in [-0.2, -0.15) is 5.10 Å². The SMILES string of the molecule is O=C(O)CC1(c2cn[nH]c2)CC1. The van der Waals surface area contributed by atoms with Crippen LogP contribution in [0.3, 0.4) is 0 Å². The normalized spacial score (nSPS) is 19.0. The molecule has 0 unspecified atom stereocenters. The molecule has 4 heteroatoms. The summed E-state index contributed by atoms with van der Waals surface area (Å²) in [5.74, 6) is -0.728. The standard InChI is InChI=1S/C8H10N2O2/c11-7(12)3-8(1-2-8)6-4-9-10-5-6/h4-5H,1-3H2,(H,9,10)(H,11,12). The number of aromatic nitrogens is 2. The average Bonchev–Trinajstić information content (AvgIpc) is 2.61. The highest BCUT2D eigenvalue weighted by molar-refractivity contribution is 5.70. The Balaban J connectivity index is 2.17. The molecule has 1 heterocycles. The Morgan fingerprint density at radius 2 is 2.50 bits per heavy atom. The van der Waals surface area contributed by atoms with Crippen molar-refractivity contribution in [1.82, 2.24) is 10.2 Å². The van der Waals surface area contributed by atoms with Crippen LogP contribution in [-0.4, -0.2) is 21.3 Å². The Labute approximate surface area is 69.6 Å². The highest BCUT2D eigenvalue weighted by Gasteiger charge is 2.46. The van der Waals surface area contributed by atoms with E-state index in [9.17, 15) is 4.79 Å². The second-order valence-electron chi connectivity index (χ2n) is 3.34. The van der Waals surface area contributed by atoms with Crippen LogP contribution in [0.5, 0.6) is 0 Å². The smallest absolute Gasteiger partial charge is 0.304 e. The second-order valence-corrected chi connectivity index (χ2v) is 3.34. The third-order valence-corrected chi connectivity index (χ3v) is 2.45. The molecule has 1 aliphatic rings. The van der Waals surface area contributed by atoms with Crippen LogP contribution < -0.4 is 0 Å². The van der Waals surface area contributed by atoms with Gasteiger partial charge in [-0.05, 0) is 18.4 Å². The molecule has 1 saturated carbocycles. The van der Waals surface area contributed by atoms with Crippen molar-refractivity contribution >= 4 is 5.97 Å². The lowest BCUT2D eigenvalue weighted by atomic mass is 9.96. The molecule has 2 rings (SSSR count). The third-order valence-electron chi connectivity index (χ3n) is 2.45. The number of aliphatic carboxylic acids is 1. The van der Waals surface area contributed by atoms with Crippen LogP contribution in [-0.2, 0) is 10.2 Å². The fraction of sp³-hybridized carbons (Fsp3) is 0.500. The minimum atomic E-state index is -0.728. The van der Waals surface area contributed by atoms with Gasteiger partial charge in [0.15, 0.2) is 0 Å². The zero-order chi connectivity index (χ0) is 8.60. The molecule has 0 aromatic carbocycles. The third kappa shape index (κ3) is 1.09. The van der Waals surface area contributed by atoms with Crippen molar-refractivity contribution in [2.75, 3.05) is 0 Å². The number of rotatable bonds is 3. The maximum Gasteiger partial charge on any atom is 0.304 e. The number of hydrogen-bond donors (Lipinski definition) is 2. The van der Waals surface area contributed by atoms with E-state index < -0.39 is 5.97 Å². The highest BCUT2D eigenvalue weighted by Crippen LogP contribution is 2.50. The van der Waals surface area contributed by atoms with E-state index in [1.165, 1.54) is 0 Å². The van der Waals surface area contributed by atoms with Crippen LogP contribution in [0, 0.1) is 0 Å². The number of hydrogen-bond acceptors (Lipinski definition) is 2. The van der Waals surface area contributed by atoms with Gasteiger partial charge < -0.3 is 5.11 Å². The molecule has 0 atom stereocenters. The largest absolute Gasteiger partial charge is 0.481 e. The van der Waals surface area contributed by atoms with Crippen molar-refractivity contribution < 1.29 is 9.90 Å². The van der Waals surface area contributed by atoms with Gasteiger partial charge in [-0.25, -0.2) is 0 Å². The molecule has 2 N–H and O–H groups in total. The van der Waals surface area contributed by atoms with Gasteiger partial charge in [0.25, 0.3) is 0 Å². The molecule has 0 aliphatic heterocycles. The number of aromatic amines is 1. The Kier molecular flexibility index (Phi) is 1.43. The number of nitrogens with one attached hydrogen (secondary N) is 1. The van der Waals surface area contributed by atoms with Gasteiger partial charge in [-0.15, -0.1) is 0 Å². The van der Waals surface area contributed by atoms with Gasteiger partial charge in [0.1, 0.15) is 0 Å². The maximum absolute atomic E-state index is 10.5. The summed E-state index contributed by atoms with van der Waals surface area (Å²) in [5, 5.41) is 15.2. The summed E-state index contributed by atoms with van der Waals surface area (Å²) in [6.45, 7) is 0. The topological polar surface area (TPSA) is 66.0 Å². The number of carboxylic acids is 1. The quantitative estimate of drug-likeness (QED) is 0.701.